The standard InChI is InChI=1S/C20H18B3ClFN7OS/c1-18(8-33-20(21,22)23)7-19(2,32-17(26)34-18)12-4-11(6-28-15(12)25)31-16-14-13(29-9-30-16)3-10(24)5-27-14/h3-6,9H,7-8H2,1-2H3,(H2,26,32)(H,29,30,31)/t18-,19+/m1/s1. The summed E-state index contributed by atoms with van der Waals surface area (Å²) in [6, 6.07) is 3.28. The highest BCUT2D eigenvalue weighted by Gasteiger charge is 2.44. The Morgan fingerprint density at radius 2 is 1.97 bits per heavy atom. The van der Waals surface area contributed by atoms with Crippen molar-refractivity contribution in [3.63, 3.8) is 0 Å². The predicted octanol–water partition coefficient (Wildman–Crippen LogP) is 2.51. The third-order valence-corrected chi connectivity index (χ3v) is 6.44. The van der Waals surface area contributed by atoms with Crippen molar-refractivity contribution >= 4 is 74.6 Å². The molecule has 168 valence electrons. The molecular formula is C20H18B3ClFN7OS. The Morgan fingerprint density at radius 1 is 1.21 bits per heavy atom. The Kier molecular flexibility index (Phi) is 6.56. The molecule has 0 aromatic carbocycles. The number of halogens is 2. The van der Waals surface area contributed by atoms with E-state index in [1.54, 1.807) is 19.1 Å². The Hall–Kier alpha value is -2.37. The molecular weight excluding hydrogens is 473 g/mol. The zero-order valence-corrected chi connectivity index (χ0v) is 20.0. The molecule has 8 nitrogen and oxygen atoms in total. The summed E-state index contributed by atoms with van der Waals surface area (Å²) in [5.41, 5.74) is 6.83. The van der Waals surface area contributed by atoms with Crippen LogP contribution in [0.1, 0.15) is 25.8 Å². The van der Waals surface area contributed by atoms with Crippen molar-refractivity contribution in [2.24, 2.45) is 10.7 Å². The van der Waals surface area contributed by atoms with E-state index in [0.29, 0.717) is 34.0 Å². The highest BCUT2D eigenvalue weighted by molar-refractivity contribution is 8.15. The maximum atomic E-state index is 15.0. The lowest BCUT2D eigenvalue weighted by Crippen LogP contribution is -2.46. The summed E-state index contributed by atoms with van der Waals surface area (Å²) < 4.78 is 19.7. The van der Waals surface area contributed by atoms with Gasteiger partial charge in [-0.2, -0.15) is 4.39 Å². The van der Waals surface area contributed by atoms with Gasteiger partial charge in [-0.15, -0.1) is 0 Å². The molecule has 2 atom stereocenters. The molecule has 0 fully saturated rings. The van der Waals surface area contributed by atoms with Gasteiger partial charge < -0.3 is 15.8 Å². The number of aliphatic imine (C=N–C) groups is 1. The summed E-state index contributed by atoms with van der Waals surface area (Å²) in [6.07, 6.45) is 4.57. The lowest BCUT2D eigenvalue weighted by atomic mass is 9.52. The van der Waals surface area contributed by atoms with Crippen molar-refractivity contribution in [3.8, 4) is 0 Å². The number of hydrogen-bond donors (Lipinski definition) is 2. The summed E-state index contributed by atoms with van der Waals surface area (Å²) in [6.45, 7) is 3.73. The summed E-state index contributed by atoms with van der Waals surface area (Å²) in [5.74, 6) is -0.264. The van der Waals surface area contributed by atoms with Crippen molar-refractivity contribution < 1.29 is 9.13 Å². The maximum Gasteiger partial charge on any atom is 0.218 e. The minimum Gasteiger partial charge on any atom is -0.401 e. The number of nitrogens with one attached hydrogen (secondary N) is 1. The first-order chi connectivity index (χ1) is 15.9. The van der Waals surface area contributed by atoms with E-state index in [4.69, 9.17) is 45.6 Å². The van der Waals surface area contributed by atoms with E-state index in [1.807, 2.05) is 6.92 Å². The number of anilines is 2. The number of aromatic nitrogens is 4. The Balaban J connectivity index is 1.67. The van der Waals surface area contributed by atoms with Gasteiger partial charge in [0.2, 0.25) is 5.95 Å². The molecule has 4 rings (SSSR count). The van der Waals surface area contributed by atoms with E-state index in [0.717, 1.165) is 0 Å². The summed E-state index contributed by atoms with van der Waals surface area (Å²) >= 11 is 7.29. The molecule has 0 bridgehead atoms. The summed E-state index contributed by atoms with van der Waals surface area (Å²) in [7, 11) is 16.7. The largest absolute Gasteiger partial charge is 0.401 e. The molecule has 4 heterocycles. The van der Waals surface area contributed by atoms with Crippen molar-refractivity contribution in [2.75, 3.05) is 11.9 Å². The fourth-order valence-corrected chi connectivity index (χ4v) is 5.25. The molecule has 0 aliphatic carbocycles. The smallest absolute Gasteiger partial charge is 0.218 e. The molecule has 3 N–H and O–H groups in total. The lowest BCUT2D eigenvalue weighted by Gasteiger charge is -2.42. The second-order valence-electron chi connectivity index (χ2n) is 8.53. The Labute approximate surface area is 209 Å². The van der Waals surface area contributed by atoms with Gasteiger partial charge >= 0.3 is 0 Å². The topological polar surface area (TPSA) is 111 Å². The molecule has 1 aliphatic heterocycles. The Morgan fingerprint density at radius 3 is 2.71 bits per heavy atom. The monoisotopic (exact) mass is 491 g/mol. The number of pyridine rings is 2. The first-order valence-electron chi connectivity index (χ1n) is 10.1. The second kappa shape index (κ2) is 9.01. The molecule has 6 radical (unpaired) electrons. The molecule has 14 heteroatoms. The van der Waals surface area contributed by atoms with Crippen molar-refractivity contribution in [3.05, 3.63) is 47.4 Å². The number of ether oxygens (including phenoxy) is 1. The zero-order valence-electron chi connectivity index (χ0n) is 18.4. The zero-order chi connectivity index (χ0) is 24.7. The average Bonchev–Trinajstić information content (AvgIpc) is 2.72. The van der Waals surface area contributed by atoms with Crippen LogP contribution in [0.3, 0.4) is 0 Å². The van der Waals surface area contributed by atoms with Gasteiger partial charge in [-0.05, 0) is 37.7 Å². The summed E-state index contributed by atoms with van der Waals surface area (Å²) in [5, 5.41) is 2.03. The summed E-state index contributed by atoms with van der Waals surface area (Å²) in [4.78, 5) is 21.2. The van der Waals surface area contributed by atoms with Crippen LogP contribution in [0, 0.1) is 5.95 Å². The van der Waals surface area contributed by atoms with Gasteiger partial charge in [0.1, 0.15) is 11.8 Å². The highest BCUT2D eigenvalue weighted by Crippen LogP contribution is 2.46. The van der Waals surface area contributed by atoms with E-state index in [-0.39, 0.29) is 17.3 Å². The average molecular weight is 491 g/mol. The number of fused-ring (bicyclic) bond motifs is 1. The van der Waals surface area contributed by atoms with E-state index >= 15 is 0 Å². The van der Waals surface area contributed by atoms with Crippen molar-refractivity contribution in [2.45, 2.75) is 35.9 Å². The second-order valence-corrected chi connectivity index (χ2v) is 10.6. The molecule has 0 saturated carbocycles. The first kappa shape index (κ1) is 24.7. The minimum atomic E-state index is -1.81. The van der Waals surface area contributed by atoms with E-state index in [2.05, 4.69) is 30.2 Å². The van der Waals surface area contributed by atoms with Crippen LogP contribution in [0.15, 0.2) is 35.8 Å². The molecule has 0 spiro atoms. The number of rotatable bonds is 6. The Bertz CT molecular complexity index is 1280. The number of hydrogen-bond acceptors (Lipinski definition) is 9. The van der Waals surface area contributed by atoms with Crippen LogP contribution in [0.5, 0.6) is 0 Å². The van der Waals surface area contributed by atoms with Gasteiger partial charge in [0.05, 0.1) is 58.1 Å². The number of nitrogens with two attached hydrogens (primary N) is 1. The molecule has 1 aliphatic rings. The van der Waals surface area contributed by atoms with Crippen LogP contribution < -0.4 is 11.1 Å². The highest BCUT2D eigenvalue weighted by atomic mass is 35.5. The van der Waals surface area contributed by atoms with Crippen molar-refractivity contribution in [1.29, 1.82) is 0 Å². The normalized spacial score (nSPS) is 23.0. The van der Waals surface area contributed by atoms with E-state index in [9.17, 15) is 4.39 Å². The predicted molar refractivity (Wildman–Crippen MR) is 135 cm³/mol. The minimum absolute atomic E-state index is 0.0706. The van der Waals surface area contributed by atoms with Crippen LogP contribution in [0.2, 0.25) is 5.02 Å². The van der Waals surface area contributed by atoms with Gasteiger partial charge in [-0.25, -0.2) is 19.9 Å². The van der Waals surface area contributed by atoms with Crippen LogP contribution in [0.4, 0.5) is 15.9 Å². The van der Waals surface area contributed by atoms with Gasteiger partial charge in [-0.3, -0.25) is 4.99 Å². The molecule has 0 saturated heterocycles. The maximum absolute atomic E-state index is 15.0. The molecule has 0 unspecified atom stereocenters. The molecule has 3 aromatic rings. The quantitative estimate of drug-likeness (QED) is 0.400. The van der Waals surface area contributed by atoms with Crippen LogP contribution in [0.25, 0.3) is 11.0 Å². The fraction of sp³-hybridized carbons (Fsp3) is 0.350. The van der Waals surface area contributed by atoms with Crippen LogP contribution in [-0.2, 0) is 10.3 Å². The lowest BCUT2D eigenvalue weighted by molar-refractivity contribution is 0.100. The van der Waals surface area contributed by atoms with Gasteiger partial charge in [-0.1, -0.05) is 23.4 Å². The van der Waals surface area contributed by atoms with Gasteiger partial charge in [0.25, 0.3) is 0 Å². The molecule has 3 aromatic heterocycles. The fourth-order valence-electron chi connectivity index (χ4n) is 3.88. The first-order valence-corrected chi connectivity index (χ1v) is 11.3. The number of nitrogens with zero attached hydrogens (tertiary/aromatic N) is 5. The SMILES string of the molecule is [B]C([B])([B])OC[C@@]1(C)C[C@@](C)(c2cc(Nc3ncnc4cc(Cl)cnc34)cnc2F)N=C(N)S1. The van der Waals surface area contributed by atoms with Crippen molar-refractivity contribution in [1.82, 2.24) is 19.9 Å². The van der Waals surface area contributed by atoms with Gasteiger partial charge in [0.15, 0.2) is 11.0 Å². The van der Waals surface area contributed by atoms with E-state index < -0.39 is 21.5 Å². The molecule has 34 heavy (non-hydrogen) atoms. The van der Waals surface area contributed by atoms with Crippen LogP contribution >= 0.6 is 23.4 Å². The third-order valence-electron chi connectivity index (χ3n) is 5.18. The number of thioether (sulfide) groups is 1. The third kappa shape index (κ3) is 5.47. The van der Waals surface area contributed by atoms with E-state index in [1.165, 1.54) is 30.5 Å². The van der Waals surface area contributed by atoms with Gasteiger partial charge in [0, 0.05) is 16.5 Å². The van der Waals surface area contributed by atoms with Crippen LogP contribution in [-0.4, -0.2) is 65.3 Å². The number of amidine groups is 1. The molecule has 0 amide bonds.